The number of hydrogen-bond donors (Lipinski definition) is 0. The third-order valence-electron chi connectivity index (χ3n) is 8.04. The Balaban J connectivity index is 1.44. The van der Waals surface area contributed by atoms with E-state index in [1.807, 2.05) is 48.5 Å². The number of benzene rings is 6. The van der Waals surface area contributed by atoms with E-state index in [1.165, 1.54) is 0 Å². The van der Waals surface area contributed by atoms with Crippen LogP contribution in [0.1, 0.15) is 54.1 Å². The van der Waals surface area contributed by atoms with Crippen molar-refractivity contribution >= 4 is 58.6 Å². The summed E-state index contributed by atoms with van der Waals surface area (Å²) in [6.45, 7) is 8.25. The zero-order valence-electron chi connectivity index (χ0n) is 27.0. The number of hydrogen-bond acceptors (Lipinski definition) is 6. The average molecular weight is 697 g/mol. The Bertz CT molecular complexity index is 1930. The first-order valence-electron chi connectivity index (χ1n) is 15.6. The van der Waals surface area contributed by atoms with Gasteiger partial charge in [-0.25, -0.2) is 0 Å². The van der Waals surface area contributed by atoms with Gasteiger partial charge in [0.2, 0.25) is 0 Å². The quantitative estimate of drug-likeness (QED) is 0.157. The van der Waals surface area contributed by atoms with Gasteiger partial charge in [0, 0.05) is 61.4 Å². The monoisotopic (exact) mass is 696 g/mol. The van der Waals surface area contributed by atoms with Crippen LogP contribution in [0.2, 0.25) is 0 Å². The van der Waals surface area contributed by atoms with Crippen LogP contribution in [0.4, 0.5) is 0 Å². The van der Waals surface area contributed by atoms with E-state index in [-0.39, 0.29) is 11.6 Å². The fourth-order valence-corrected chi connectivity index (χ4v) is 10.2. The van der Waals surface area contributed by atoms with E-state index < -0.39 is 0 Å². The van der Waals surface area contributed by atoms with Crippen LogP contribution < -0.4 is 0 Å². The van der Waals surface area contributed by atoms with Gasteiger partial charge >= 0.3 is 0 Å². The second-order valence-electron chi connectivity index (χ2n) is 12.0. The van der Waals surface area contributed by atoms with Crippen LogP contribution in [0.25, 0.3) is 0 Å². The summed E-state index contributed by atoms with van der Waals surface area (Å²) in [4.78, 5) is 37.5. The summed E-state index contributed by atoms with van der Waals surface area (Å²) in [6, 6.07) is 41.1. The Morgan fingerprint density at radius 3 is 0.771 bits per heavy atom. The molecule has 6 aromatic rings. The first-order chi connectivity index (χ1) is 23.2. The van der Waals surface area contributed by atoms with Gasteiger partial charge in [0.15, 0.2) is 11.6 Å². The minimum Gasteiger partial charge on any atom is -0.288 e. The fraction of sp³-hybridized carbons (Fsp3) is 0.0952. The molecule has 0 unspecified atom stereocenters. The van der Waals surface area contributed by atoms with Gasteiger partial charge in [0.1, 0.15) is 0 Å². The number of ketones is 2. The zero-order valence-corrected chi connectivity index (χ0v) is 30.3. The number of carbonyl (C=O) groups is 2. The Morgan fingerprint density at radius 2 is 0.562 bits per heavy atom. The molecule has 0 amide bonds. The first-order valence-corrected chi connectivity index (χ1v) is 18.9. The lowest BCUT2D eigenvalue weighted by molar-refractivity contribution is 0.0970. The molecule has 1 aliphatic rings. The first kappa shape index (κ1) is 32.6. The molecule has 0 bridgehead atoms. The summed E-state index contributed by atoms with van der Waals surface area (Å²) in [5.74, 6) is -0.216. The van der Waals surface area contributed by atoms with Gasteiger partial charge in [-0.3, -0.25) is 9.59 Å². The Labute approximate surface area is 299 Å². The highest BCUT2D eigenvalue weighted by molar-refractivity contribution is 8.00. The van der Waals surface area contributed by atoms with Crippen molar-refractivity contribution < 1.29 is 9.59 Å². The molecule has 2 nitrogen and oxygen atoms in total. The molecule has 0 atom stereocenters. The number of fused-ring (bicyclic) bond motifs is 2. The normalized spacial score (nSPS) is 12.2. The Hall–Kier alpha value is -3.94. The molecule has 6 heteroatoms. The molecule has 1 aliphatic carbocycles. The molecule has 0 aliphatic heterocycles. The van der Waals surface area contributed by atoms with Gasteiger partial charge in [-0.2, -0.15) is 0 Å². The fourth-order valence-electron chi connectivity index (χ4n) is 5.84. The molecule has 0 N–H and O–H groups in total. The SMILES string of the molecule is Cc1cccc(Sc2ccc(Sc3cccc(C)c3)c3c2C(=O)c2c(Sc4cccc(C)c4)ccc(Sc4cccc(C)c4)c2C3=O)c1. The van der Waals surface area contributed by atoms with Crippen LogP contribution in [-0.2, 0) is 0 Å². The van der Waals surface area contributed by atoms with Gasteiger partial charge in [-0.05, 0) is 100 Å². The maximum absolute atomic E-state index is 15.1. The van der Waals surface area contributed by atoms with Crippen LogP contribution >= 0.6 is 47.0 Å². The standard InChI is InChI=1S/C42H32O2S4/c1-25-9-5-13-29(21-25)45-33-17-18-34(46-30-14-6-10-26(2)22-30)38-37(33)41(43)39-35(47-31-15-7-11-27(3)23-31)19-20-36(40(39)42(38)44)48-32-16-8-12-28(4)24-32/h5-24H,1-4H3. The van der Waals surface area contributed by atoms with Crippen molar-refractivity contribution in [3.05, 3.63) is 166 Å². The topological polar surface area (TPSA) is 34.1 Å². The minimum atomic E-state index is -0.108. The third kappa shape index (κ3) is 6.81. The van der Waals surface area contributed by atoms with Crippen molar-refractivity contribution in [2.45, 2.75) is 66.9 Å². The molecule has 0 heterocycles. The van der Waals surface area contributed by atoms with E-state index in [2.05, 4.69) is 100 Å². The zero-order chi connectivity index (χ0) is 33.4. The highest BCUT2D eigenvalue weighted by Crippen LogP contribution is 2.48. The molecule has 0 radical (unpaired) electrons. The van der Waals surface area contributed by atoms with E-state index in [9.17, 15) is 0 Å². The molecule has 0 fully saturated rings. The maximum Gasteiger partial charge on any atom is 0.196 e. The lowest BCUT2D eigenvalue weighted by Gasteiger charge is -2.26. The molecule has 48 heavy (non-hydrogen) atoms. The van der Waals surface area contributed by atoms with Crippen molar-refractivity contribution in [3.8, 4) is 0 Å². The summed E-state index contributed by atoms with van der Waals surface area (Å²) in [5.41, 5.74) is 6.51. The number of carbonyl (C=O) groups excluding carboxylic acids is 2. The summed E-state index contributed by atoms with van der Waals surface area (Å²) in [6.07, 6.45) is 0. The lowest BCUT2D eigenvalue weighted by atomic mass is 9.84. The summed E-state index contributed by atoms with van der Waals surface area (Å²) < 4.78 is 0. The van der Waals surface area contributed by atoms with Crippen LogP contribution in [-0.4, -0.2) is 11.6 Å². The Morgan fingerprint density at radius 1 is 0.333 bits per heavy atom. The molecular formula is C42H32O2S4. The molecule has 6 aromatic carbocycles. The van der Waals surface area contributed by atoms with Crippen molar-refractivity contribution in [1.82, 2.24) is 0 Å². The lowest BCUT2D eigenvalue weighted by Crippen LogP contribution is -2.24. The van der Waals surface area contributed by atoms with Crippen molar-refractivity contribution in [3.63, 3.8) is 0 Å². The molecular weight excluding hydrogens is 665 g/mol. The second-order valence-corrected chi connectivity index (χ2v) is 16.4. The van der Waals surface area contributed by atoms with Crippen LogP contribution in [0.5, 0.6) is 0 Å². The molecule has 236 valence electrons. The molecule has 0 saturated heterocycles. The van der Waals surface area contributed by atoms with Gasteiger partial charge in [-0.1, -0.05) is 118 Å². The van der Waals surface area contributed by atoms with E-state index in [0.717, 1.165) is 61.4 Å². The van der Waals surface area contributed by atoms with Gasteiger partial charge in [-0.15, -0.1) is 0 Å². The van der Waals surface area contributed by atoms with Crippen molar-refractivity contribution in [1.29, 1.82) is 0 Å². The summed E-state index contributed by atoms with van der Waals surface area (Å²) >= 11 is 6.16. The highest BCUT2D eigenvalue weighted by atomic mass is 32.2. The molecule has 0 saturated carbocycles. The highest BCUT2D eigenvalue weighted by Gasteiger charge is 2.38. The summed E-state index contributed by atoms with van der Waals surface area (Å²) in [5, 5.41) is 0. The van der Waals surface area contributed by atoms with Crippen LogP contribution in [0, 0.1) is 27.7 Å². The minimum absolute atomic E-state index is 0.108. The predicted molar refractivity (Wildman–Crippen MR) is 201 cm³/mol. The summed E-state index contributed by atoms with van der Waals surface area (Å²) in [7, 11) is 0. The second kappa shape index (κ2) is 13.9. The predicted octanol–water partition coefficient (Wildman–Crippen LogP) is 12.3. The van der Waals surface area contributed by atoms with E-state index in [4.69, 9.17) is 0 Å². The largest absolute Gasteiger partial charge is 0.288 e. The maximum atomic E-state index is 15.1. The van der Waals surface area contributed by atoms with E-state index in [1.54, 1.807) is 47.0 Å². The van der Waals surface area contributed by atoms with Gasteiger partial charge < -0.3 is 0 Å². The smallest absolute Gasteiger partial charge is 0.196 e. The average Bonchev–Trinajstić information content (AvgIpc) is 3.05. The molecule has 0 aromatic heterocycles. The molecule has 0 spiro atoms. The van der Waals surface area contributed by atoms with Gasteiger partial charge in [0.05, 0.1) is 0 Å². The van der Waals surface area contributed by atoms with Crippen molar-refractivity contribution in [2.75, 3.05) is 0 Å². The van der Waals surface area contributed by atoms with E-state index in [0.29, 0.717) is 22.3 Å². The van der Waals surface area contributed by atoms with Crippen molar-refractivity contribution in [2.24, 2.45) is 0 Å². The van der Waals surface area contributed by atoms with E-state index >= 15 is 9.59 Å². The number of rotatable bonds is 8. The third-order valence-corrected chi connectivity index (χ3v) is 12.2. The van der Waals surface area contributed by atoms with Crippen LogP contribution in [0.3, 0.4) is 0 Å². The van der Waals surface area contributed by atoms with Gasteiger partial charge in [0.25, 0.3) is 0 Å². The molecule has 7 rings (SSSR count). The number of aryl methyl sites for hydroxylation is 4. The van der Waals surface area contributed by atoms with Crippen LogP contribution in [0.15, 0.2) is 160 Å². The Kier molecular flexibility index (Phi) is 9.43.